The zero-order valence-corrected chi connectivity index (χ0v) is 10.2. The topological polar surface area (TPSA) is 29.1 Å². The van der Waals surface area contributed by atoms with E-state index in [4.69, 9.17) is 0 Å². The fourth-order valence-corrected chi connectivity index (χ4v) is 3.25. The van der Waals surface area contributed by atoms with Gasteiger partial charge in [0.05, 0.1) is 5.41 Å². The van der Waals surface area contributed by atoms with Gasteiger partial charge >= 0.3 is 0 Å². The fourth-order valence-electron chi connectivity index (χ4n) is 3.25. The molecule has 1 amide bonds. The first kappa shape index (κ1) is 10.7. The lowest BCUT2D eigenvalue weighted by Gasteiger charge is -2.08. The van der Waals surface area contributed by atoms with Crippen molar-refractivity contribution in [3.05, 3.63) is 65.5 Å². The number of amides is 1. The van der Waals surface area contributed by atoms with Crippen molar-refractivity contribution in [1.29, 1.82) is 0 Å². The van der Waals surface area contributed by atoms with Crippen molar-refractivity contribution in [3.8, 4) is 0 Å². The van der Waals surface area contributed by atoms with E-state index in [1.165, 1.54) is 12.1 Å². The number of carbonyl (C=O) groups excluding carboxylic acids is 1. The van der Waals surface area contributed by atoms with Crippen LogP contribution in [0.3, 0.4) is 0 Å². The summed E-state index contributed by atoms with van der Waals surface area (Å²) in [7, 11) is 0. The summed E-state index contributed by atoms with van der Waals surface area (Å²) >= 11 is 0. The average molecular weight is 253 g/mol. The molecule has 0 bridgehead atoms. The van der Waals surface area contributed by atoms with Crippen molar-refractivity contribution < 1.29 is 9.18 Å². The van der Waals surface area contributed by atoms with Crippen molar-refractivity contribution >= 4 is 11.6 Å². The van der Waals surface area contributed by atoms with Crippen molar-refractivity contribution in [2.45, 2.75) is 17.8 Å². The highest BCUT2D eigenvalue weighted by molar-refractivity contribution is 6.09. The molecule has 94 valence electrons. The number of nitrogens with one attached hydrogen (secondary N) is 1. The van der Waals surface area contributed by atoms with Crippen molar-refractivity contribution in [2.24, 2.45) is 0 Å². The van der Waals surface area contributed by atoms with Crippen LogP contribution in [0.5, 0.6) is 0 Å². The third kappa shape index (κ3) is 1.33. The second kappa shape index (κ2) is 3.44. The smallest absolute Gasteiger partial charge is 0.235 e. The quantitative estimate of drug-likeness (QED) is 0.830. The maximum atomic E-state index is 13.0. The summed E-state index contributed by atoms with van der Waals surface area (Å²) in [5.74, 6) is -0.00509. The molecule has 1 fully saturated rings. The van der Waals surface area contributed by atoms with E-state index in [0.717, 1.165) is 23.2 Å². The molecule has 2 atom stereocenters. The molecule has 1 N–H and O–H groups in total. The third-order valence-corrected chi connectivity index (χ3v) is 4.29. The Labute approximate surface area is 110 Å². The molecule has 0 aromatic heterocycles. The molecule has 3 heteroatoms. The lowest BCUT2D eigenvalue weighted by Crippen LogP contribution is -2.20. The summed E-state index contributed by atoms with van der Waals surface area (Å²) < 4.78 is 13.0. The van der Waals surface area contributed by atoms with E-state index >= 15 is 0 Å². The van der Waals surface area contributed by atoms with Gasteiger partial charge in [0.1, 0.15) is 5.82 Å². The minimum Gasteiger partial charge on any atom is -0.325 e. The van der Waals surface area contributed by atoms with Crippen LogP contribution in [0.15, 0.2) is 48.5 Å². The number of halogens is 1. The molecule has 4 rings (SSSR count). The number of benzene rings is 2. The lowest BCUT2D eigenvalue weighted by atomic mass is 9.92. The minimum atomic E-state index is -0.422. The van der Waals surface area contributed by atoms with E-state index in [2.05, 4.69) is 5.32 Å². The summed E-state index contributed by atoms with van der Waals surface area (Å²) in [5.41, 5.74) is 2.61. The van der Waals surface area contributed by atoms with Crippen LogP contribution >= 0.6 is 0 Å². The number of anilines is 1. The molecular weight excluding hydrogens is 241 g/mol. The van der Waals surface area contributed by atoms with Crippen molar-refractivity contribution in [1.82, 2.24) is 0 Å². The van der Waals surface area contributed by atoms with Crippen LogP contribution in [0.4, 0.5) is 10.1 Å². The SMILES string of the molecule is O=C1Nc2ccccc2[C@]12C[C@@H]2c1ccc(F)cc1. The van der Waals surface area contributed by atoms with E-state index in [1.54, 1.807) is 12.1 Å². The molecule has 2 aromatic carbocycles. The second-order valence-corrected chi connectivity index (χ2v) is 5.28. The first-order valence-electron chi connectivity index (χ1n) is 6.38. The molecule has 1 heterocycles. The Morgan fingerprint density at radius 3 is 2.63 bits per heavy atom. The third-order valence-electron chi connectivity index (χ3n) is 4.29. The number of rotatable bonds is 1. The second-order valence-electron chi connectivity index (χ2n) is 5.28. The number of carbonyl (C=O) groups is 1. The van der Waals surface area contributed by atoms with Crippen LogP contribution in [-0.2, 0) is 10.2 Å². The van der Waals surface area contributed by atoms with Gasteiger partial charge in [-0.2, -0.15) is 0 Å². The van der Waals surface area contributed by atoms with Gasteiger partial charge < -0.3 is 5.32 Å². The van der Waals surface area contributed by atoms with Crippen LogP contribution < -0.4 is 5.32 Å². The molecule has 0 unspecified atom stereocenters. The highest BCUT2D eigenvalue weighted by Gasteiger charge is 2.64. The van der Waals surface area contributed by atoms with Gasteiger partial charge in [0.15, 0.2) is 0 Å². The molecule has 1 saturated carbocycles. The highest BCUT2D eigenvalue weighted by atomic mass is 19.1. The number of hydrogen-bond acceptors (Lipinski definition) is 1. The van der Waals surface area contributed by atoms with E-state index in [9.17, 15) is 9.18 Å². The monoisotopic (exact) mass is 253 g/mol. The molecule has 2 aromatic rings. The van der Waals surface area contributed by atoms with Crippen LogP contribution in [-0.4, -0.2) is 5.91 Å². The van der Waals surface area contributed by atoms with Gasteiger partial charge in [-0.25, -0.2) is 4.39 Å². The van der Waals surface area contributed by atoms with Crippen LogP contribution in [0.1, 0.15) is 23.5 Å². The molecule has 2 aliphatic rings. The molecular formula is C16H12FNO. The zero-order valence-electron chi connectivity index (χ0n) is 10.2. The summed E-state index contributed by atoms with van der Waals surface area (Å²) in [5, 5.41) is 2.95. The van der Waals surface area contributed by atoms with Crippen LogP contribution in [0.2, 0.25) is 0 Å². The van der Waals surface area contributed by atoms with E-state index in [-0.39, 0.29) is 17.6 Å². The molecule has 1 spiro atoms. The van der Waals surface area contributed by atoms with Crippen molar-refractivity contribution in [2.75, 3.05) is 5.32 Å². The first-order chi connectivity index (χ1) is 9.22. The summed E-state index contributed by atoms with van der Waals surface area (Å²) in [6, 6.07) is 14.3. The van der Waals surface area contributed by atoms with E-state index in [0.29, 0.717) is 0 Å². The Hall–Kier alpha value is -2.16. The van der Waals surface area contributed by atoms with E-state index in [1.807, 2.05) is 24.3 Å². The largest absolute Gasteiger partial charge is 0.325 e. The van der Waals surface area contributed by atoms with Gasteiger partial charge in [0.2, 0.25) is 5.91 Å². The van der Waals surface area contributed by atoms with Crippen LogP contribution in [0, 0.1) is 5.82 Å². The van der Waals surface area contributed by atoms with Gasteiger partial charge in [-0.15, -0.1) is 0 Å². The lowest BCUT2D eigenvalue weighted by molar-refractivity contribution is -0.118. The molecule has 1 aliphatic heterocycles. The Kier molecular flexibility index (Phi) is 1.94. The number of hydrogen-bond donors (Lipinski definition) is 1. The van der Waals surface area contributed by atoms with Gasteiger partial charge in [0, 0.05) is 11.6 Å². The predicted molar refractivity (Wildman–Crippen MR) is 70.5 cm³/mol. The average Bonchev–Trinajstić information content (AvgIpc) is 3.10. The molecule has 2 nitrogen and oxygen atoms in total. The summed E-state index contributed by atoms with van der Waals surface area (Å²) in [6.45, 7) is 0. The normalized spacial score (nSPS) is 27.2. The number of fused-ring (bicyclic) bond motifs is 2. The highest BCUT2D eigenvalue weighted by Crippen LogP contribution is 2.64. The van der Waals surface area contributed by atoms with E-state index < -0.39 is 5.41 Å². The van der Waals surface area contributed by atoms with Crippen molar-refractivity contribution in [3.63, 3.8) is 0 Å². The Morgan fingerprint density at radius 1 is 1.11 bits per heavy atom. The standard InChI is InChI=1S/C16H12FNO/c17-11-7-5-10(6-8-11)13-9-16(13)12-3-1-2-4-14(12)18-15(16)19/h1-8,13H,9H2,(H,18,19)/t13-,16+/m1/s1. The maximum absolute atomic E-state index is 13.0. The molecule has 19 heavy (non-hydrogen) atoms. The Balaban J connectivity index is 1.78. The maximum Gasteiger partial charge on any atom is 0.235 e. The predicted octanol–water partition coefficient (Wildman–Crippen LogP) is 3.20. The zero-order chi connectivity index (χ0) is 13.0. The van der Waals surface area contributed by atoms with Crippen LogP contribution in [0.25, 0.3) is 0 Å². The summed E-state index contributed by atoms with van der Waals surface area (Å²) in [4.78, 5) is 12.3. The molecule has 1 aliphatic carbocycles. The van der Waals surface area contributed by atoms with Gasteiger partial charge in [-0.1, -0.05) is 30.3 Å². The fraction of sp³-hybridized carbons (Fsp3) is 0.188. The Morgan fingerprint density at radius 2 is 1.84 bits per heavy atom. The molecule has 0 saturated heterocycles. The van der Waals surface area contributed by atoms with Gasteiger partial charge in [-0.05, 0) is 35.7 Å². The minimum absolute atomic E-state index is 0.0722. The van der Waals surface area contributed by atoms with Gasteiger partial charge in [-0.3, -0.25) is 4.79 Å². The summed E-state index contributed by atoms with van der Waals surface area (Å²) in [6.07, 6.45) is 0.807. The first-order valence-corrected chi connectivity index (χ1v) is 6.38. The Bertz CT molecular complexity index is 679. The molecule has 0 radical (unpaired) electrons. The number of para-hydroxylation sites is 1. The van der Waals surface area contributed by atoms with Gasteiger partial charge in [0.25, 0.3) is 0 Å².